The number of carbonyl (C=O) groups excluding carboxylic acids is 1. The van der Waals surface area contributed by atoms with Crippen molar-refractivity contribution in [1.29, 1.82) is 0 Å². The van der Waals surface area contributed by atoms with Crippen LogP contribution in [0.2, 0.25) is 5.02 Å². The van der Waals surface area contributed by atoms with Crippen LogP contribution in [0.15, 0.2) is 35.1 Å². The normalized spacial score (nSPS) is 18.7. The Morgan fingerprint density at radius 2 is 1.62 bits per heavy atom. The quantitative estimate of drug-likeness (QED) is 0.197. The lowest BCUT2D eigenvalue weighted by Crippen LogP contribution is -2.59. The van der Waals surface area contributed by atoms with Crippen molar-refractivity contribution in [3.63, 3.8) is 0 Å². The number of morpholine rings is 1. The Morgan fingerprint density at radius 1 is 0.981 bits per heavy atom. The van der Waals surface area contributed by atoms with E-state index in [2.05, 4.69) is 4.90 Å². The second-order valence-electron chi connectivity index (χ2n) is 15.7. The summed E-state index contributed by atoms with van der Waals surface area (Å²) in [4.78, 5) is 53.7. The molecular weight excluding hydrogens is 699 g/mol. The summed E-state index contributed by atoms with van der Waals surface area (Å²) in [6.07, 6.45) is -0.400. The van der Waals surface area contributed by atoms with E-state index in [1.54, 1.807) is 29.2 Å². The van der Waals surface area contributed by atoms with Crippen LogP contribution in [0.4, 0.5) is 15.0 Å². The van der Waals surface area contributed by atoms with Crippen LogP contribution < -0.4 is 10.6 Å². The monoisotopic (exact) mass is 748 g/mol. The smallest absolute Gasteiger partial charge is 0.410 e. The number of aromatic nitrogens is 5. The summed E-state index contributed by atoms with van der Waals surface area (Å²) < 4.78 is 28.1. The van der Waals surface area contributed by atoms with Gasteiger partial charge in [-0.05, 0) is 64.7 Å². The van der Waals surface area contributed by atoms with Crippen LogP contribution in [0.3, 0.4) is 0 Å². The molecule has 2 fully saturated rings. The number of fused-ring (bicyclic) bond motifs is 1. The Labute approximate surface area is 315 Å². The molecule has 6 rings (SSSR count). The first-order valence-electron chi connectivity index (χ1n) is 18.4. The van der Waals surface area contributed by atoms with Crippen molar-refractivity contribution >= 4 is 34.5 Å². The van der Waals surface area contributed by atoms with E-state index in [-0.39, 0.29) is 45.8 Å². The van der Waals surface area contributed by atoms with Gasteiger partial charge in [0.2, 0.25) is 0 Å². The number of carbonyl (C=O) groups is 1. The summed E-state index contributed by atoms with van der Waals surface area (Å²) in [7, 11) is 0. The predicted octanol–water partition coefficient (Wildman–Crippen LogP) is 6.94. The molecular formula is C39H50ClFN8O4. The number of anilines is 1. The van der Waals surface area contributed by atoms with Gasteiger partial charge in [-0.25, -0.2) is 33.5 Å². The van der Waals surface area contributed by atoms with Crippen LogP contribution in [-0.4, -0.2) is 97.5 Å². The highest BCUT2D eigenvalue weighted by Crippen LogP contribution is 2.37. The number of amides is 1. The molecule has 2 atom stereocenters. The molecule has 0 saturated carbocycles. The van der Waals surface area contributed by atoms with Gasteiger partial charge in [0.15, 0.2) is 5.65 Å². The van der Waals surface area contributed by atoms with Crippen molar-refractivity contribution in [2.45, 2.75) is 98.4 Å². The van der Waals surface area contributed by atoms with Crippen LogP contribution in [-0.2, 0) is 16.0 Å². The first kappa shape index (κ1) is 38.5. The third-order valence-corrected chi connectivity index (χ3v) is 9.87. The summed E-state index contributed by atoms with van der Waals surface area (Å²) in [6, 6.07) is 7.47. The van der Waals surface area contributed by atoms with E-state index in [9.17, 15) is 9.59 Å². The summed E-state index contributed by atoms with van der Waals surface area (Å²) in [5, 5.41) is 0.704. The number of halogens is 2. The molecule has 284 valence electrons. The van der Waals surface area contributed by atoms with E-state index in [4.69, 9.17) is 41.0 Å². The minimum absolute atomic E-state index is 0.101. The molecule has 0 spiro atoms. The summed E-state index contributed by atoms with van der Waals surface area (Å²) >= 11 is 6.96. The van der Waals surface area contributed by atoms with E-state index in [1.807, 2.05) is 67.2 Å². The standard InChI is InChI=1S/C39H50ClFN8O4/c1-22(2)31-34(32(23(3)4)43-30(42-31)21-46-14-16-52-17-15-46)49-36-27(18-28(40)33(44-36)26-12-10-11-13-29(26)41)35(45-37(49)50)47-19-25(6)48(20-24(47)5)38(51)53-39(7,8)9/h10-13,18,22-25H,14-17,19-21H2,1-9H3/t24-,25+/m0/s1. The number of pyridine rings is 1. The Balaban J connectivity index is 1.58. The van der Waals surface area contributed by atoms with Crippen LogP contribution in [0.1, 0.15) is 91.4 Å². The molecule has 53 heavy (non-hydrogen) atoms. The second kappa shape index (κ2) is 15.3. The first-order valence-corrected chi connectivity index (χ1v) is 18.8. The molecule has 0 aliphatic carbocycles. The van der Waals surface area contributed by atoms with E-state index in [0.717, 1.165) is 13.1 Å². The molecule has 0 unspecified atom stereocenters. The Kier molecular flexibility index (Phi) is 11.1. The molecule has 0 bridgehead atoms. The van der Waals surface area contributed by atoms with Gasteiger partial charge in [-0.2, -0.15) is 4.98 Å². The highest BCUT2D eigenvalue weighted by atomic mass is 35.5. The van der Waals surface area contributed by atoms with E-state index >= 15 is 4.39 Å². The Hall–Kier alpha value is -4.20. The summed E-state index contributed by atoms with van der Waals surface area (Å²) in [5.74, 6) is 0.345. The molecule has 2 aliphatic rings. The molecule has 0 radical (unpaired) electrons. The molecule has 2 saturated heterocycles. The van der Waals surface area contributed by atoms with Gasteiger partial charge in [0, 0.05) is 43.8 Å². The third kappa shape index (κ3) is 8.02. The van der Waals surface area contributed by atoms with E-state index in [0.29, 0.717) is 67.0 Å². The number of hydrogen-bond donors (Lipinski definition) is 0. The van der Waals surface area contributed by atoms with Crippen LogP contribution >= 0.6 is 11.6 Å². The zero-order valence-corrected chi connectivity index (χ0v) is 32.9. The topological polar surface area (TPSA) is 119 Å². The van der Waals surface area contributed by atoms with Gasteiger partial charge >= 0.3 is 11.8 Å². The molecule has 3 aromatic heterocycles. The zero-order valence-electron chi connectivity index (χ0n) is 32.1. The average Bonchev–Trinajstić information content (AvgIpc) is 3.08. The van der Waals surface area contributed by atoms with Gasteiger partial charge in [-0.1, -0.05) is 51.4 Å². The van der Waals surface area contributed by atoms with Crippen molar-refractivity contribution in [3.8, 4) is 16.9 Å². The largest absolute Gasteiger partial charge is 0.444 e. The minimum atomic E-state index is -0.647. The molecule has 1 aromatic carbocycles. The molecule has 5 heterocycles. The average molecular weight is 749 g/mol. The Bertz CT molecular complexity index is 2030. The minimum Gasteiger partial charge on any atom is -0.444 e. The van der Waals surface area contributed by atoms with Crippen molar-refractivity contribution < 1.29 is 18.7 Å². The fraction of sp³-hybridized carbons (Fsp3) is 0.538. The Morgan fingerprint density at radius 3 is 2.23 bits per heavy atom. The number of rotatable bonds is 7. The third-order valence-electron chi connectivity index (χ3n) is 9.59. The van der Waals surface area contributed by atoms with Crippen molar-refractivity contribution in [2.75, 3.05) is 44.3 Å². The van der Waals surface area contributed by atoms with Gasteiger partial charge in [-0.15, -0.1) is 0 Å². The maximum Gasteiger partial charge on any atom is 0.410 e. The molecule has 0 N–H and O–H groups in total. The van der Waals surface area contributed by atoms with Gasteiger partial charge in [0.25, 0.3) is 0 Å². The van der Waals surface area contributed by atoms with Gasteiger partial charge in [-0.3, -0.25) is 4.90 Å². The fourth-order valence-corrected chi connectivity index (χ4v) is 7.22. The molecule has 12 nitrogen and oxygen atoms in total. The van der Waals surface area contributed by atoms with Crippen molar-refractivity contribution in [1.82, 2.24) is 34.3 Å². The lowest BCUT2D eigenvalue weighted by molar-refractivity contribution is 0.0130. The van der Waals surface area contributed by atoms with Gasteiger partial charge < -0.3 is 19.3 Å². The maximum atomic E-state index is 15.3. The number of nitrogens with zero attached hydrogens (tertiary/aromatic N) is 8. The number of benzene rings is 1. The zero-order chi connectivity index (χ0) is 38.4. The van der Waals surface area contributed by atoms with Crippen molar-refractivity contribution in [2.24, 2.45) is 0 Å². The molecule has 14 heteroatoms. The van der Waals surface area contributed by atoms with E-state index in [1.165, 1.54) is 10.6 Å². The summed E-state index contributed by atoms with van der Waals surface area (Å²) in [6.45, 7) is 21.7. The SMILES string of the molecule is CC(C)c1nc(CN2CCOCC2)nc(C(C)C)c1-n1c(=O)nc(N2C[C@@H](C)N(C(=O)OC(C)(C)C)C[C@@H]2C)c2cc(Cl)c(-c3ccccc3F)nc21. The fourth-order valence-electron chi connectivity index (χ4n) is 6.97. The molecule has 1 amide bonds. The number of piperazine rings is 1. The van der Waals surface area contributed by atoms with Crippen LogP contribution in [0, 0.1) is 5.82 Å². The highest BCUT2D eigenvalue weighted by Gasteiger charge is 2.37. The van der Waals surface area contributed by atoms with Crippen LogP contribution in [0.5, 0.6) is 0 Å². The highest BCUT2D eigenvalue weighted by molar-refractivity contribution is 6.33. The lowest BCUT2D eigenvalue weighted by atomic mass is 10.0. The van der Waals surface area contributed by atoms with E-state index < -0.39 is 23.2 Å². The lowest BCUT2D eigenvalue weighted by Gasteiger charge is -2.44. The maximum absolute atomic E-state index is 15.3. The summed E-state index contributed by atoms with van der Waals surface area (Å²) in [5.41, 5.74) is 1.31. The molecule has 4 aromatic rings. The molecule has 2 aliphatic heterocycles. The second-order valence-corrected chi connectivity index (χ2v) is 16.1. The van der Waals surface area contributed by atoms with Crippen molar-refractivity contribution in [3.05, 3.63) is 68.9 Å². The predicted molar refractivity (Wildman–Crippen MR) is 205 cm³/mol. The van der Waals surface area contributed by atoms with Crippen LogP contribution in [0.25, 0.3) is 28.0 Å². The number of hydrogen-bond acceptors (Lipinski definition) is 10. The van der Waals surface area contributed by atoms with Gasteiger partial charge in [0.1, 0.15) is 23.1 Å². The first-order chi connectivity index (χ1) is 25.0. The number of ether oxygens (including phenoxy) is 2. The van der Waals surface area contributed by atoms with Gasteiger partial charge in [0.05, 0.1) is 52.9 Å².